The lowest BCUT2D eigenvalue weighted by molar-refractivity contribution is -0.137. The molecule has 3 rings (SSSR count). The highest BCUT2D eigenvalue weighted by molar-refractivity contribution is 7.13. The van der Waals surface area contributed by atoms with Crippen LogP contribution in [0.25, 0.3) is 16.1 Å². The van der Waals surface area contributed by atoms with Crippen molar-refractivity contribution in [3.63, 3.8) is 0 Å². The second kappa shape index (κ2) is 4.63. The molecule has 0 aliphatic carbocycles. The average molecular weight is 271 g/mol. The molecule has 0 saturated heterocycles. The van der Waals surface area contributed by atoms with Crippen LogP contribution in [0.15, 0.2) is 35.7 Å². The van der Waals surface area contributed by atoms with Crippen LogP contribution in [-0.2, 0) is 9.53 Å². The number of carbonyl (C=O) groups is 1. The van der Waals surface area contributed by atoms with E-state index in [0.717, 1.165) is 10.6 Å². The van der Waals surface area contributed by atoms with Crippen LogP contribution in [0.2, 0.25) is 0 Å². The fourth-order valence-corrected chi connectivity index (χ4v) is 2.81. The van der Waals surface area contributed by atoms with E-state index in [1.54, 1.807) is 0 Å². The van der Waals surface area contributed by atoms with Gasteiger partial charge in [0.2, 0.25) is 0 Å². The molecule has 4 heteroatoms. The van der Waals surface area contributed by atoms with E-state index in [1.165, 1.54) is 16.9 Å². The van der Waals surface area contributed by atoms with Crippen LogP contribution in [0.5, 0.6) is 0 Å². The number of aryl methyl sites for hydroxylation is 1. The van der Waals surface area contributed by atoms with E-state index in [-0.39, 0.29) is 12.1 Å². The van der Waals surface area contributed by atoms with Gasteiger partial charge in [0.25, 0.3) is 0 Å². The molecule has 2 aromatic rings. The third-order valence-corrected chi connectivity index (χ3v) is 3.88. The highest BCUT2D eigenvalue weighted by Gasteiger charge is 2.25. The first-order valence-corrected chi connectivity index (χ1v) is 6.97. The summed E-state index contributed by atoms with van der Waals surface area (Å²) in [6.45, 7) is 3.90. The van der Waals surface area contributed by atoms with Gasteiger partial charge < -0.3 is 4.74 Å². The summed E-state index contributed by atoms with van der Waals surface area (Å²) in [5.41, 5.74) is 3.57. The van der Waals surface area contributed by atoms with Gasteiger partial charge in [0.1, 0.15) is 11.1 Å². The fourth-order valence-electron chi connectivity index (χ4n) is 1.99. The van der Waals surface area contributed by atoms with E-state index in [0.29, 0.717) is 11.3 Å². The van der Waals surface area contributed by atoms with E-state index in [1.807, 2.05) is 30.5 Å². The normalized spacial score (nSPS) is 18.3. The van der Waals surface area contributed by atoms with E-state index in [2.05, 4.69) is 24.0 Å². The van der Waals surface area contributed by atoms with Crippen LogP contribution in [0, 0.1) is 6.92 Å². The van der Waals surface area contributed by atoms with Crippen molar-refractivity contribution in [2.24, 2.45) is 0 Å². The summed E-state index contributed by atoms with van der Waals surface area (Å²) in [6, 6.07) is 8.20. The predicted octanol–water partition coefficient (Wildman–Crippen LogP) is 3.45. The Morgan fingerprint density at radius 1 is 1.26 bits per heavy atom. The first kappa shape index (κ1) is 12.1. The first-order valence-electron chi connectivity index (χ1n) is 6.09. The van der Waals surface area contributed by atoms with Crippen LogP contribution in [0.3, 0.4) is 0 Å². The number of carbonyl (C=O) groups excluding carboxylic acids is 1. The molecule has 1 aliphatic rings. The summed E-state index contributed by atoms with van der Waals surface area (Å²) in [6.07, 6.45) is 1.66. The fraction of sp³-hybridized carbons (Fsp3) is 0.200. The zero-order chi connectivity index (χ0) is 13.4. The van der Waals surface area contributed by atoms with Crippen molar-refractivity contribution >= 4 is 22.9 Å². The molecule has 19 heavy (non-hydrogen) atoms. The molecular weight excluding hydrogens is 258 g/mol. The standard InChI is InChI=1S/C15H13NO2S/c1-9-3-5-11(6-4-9)14-16-13(8-19-14)12-7-10(2)18-15(12)17/h3-8,10H,1-2H3. The molecule has 1 aliphatic heterocycles. The lowest BCUT2D eigenvalue weighted by Gasteiger charge is -1.98. The molecule has 1 atom stereocenters. The van der Waals surface area contributed by atoms with Crippen molar-refractivity contribution in [1.82, 2.24) is 4.98 Å². The Kier molecular flexibility index (Phi) is 2.95. The molecule has 1 aromatic carbocycles. The summed E-state index contributed by atoms with van der Waals surface area (Å²) in [4.78, 5) is 16.2. The van der Waals surface area contributed by atoms with Crippen molar-refractivity contribution in [2.45, 2.75) is 20.0 Å². The molecule has 0 amide bonds. The number of hydrogen-bond acceptors (Lipinski definition) is 4. The number of rotatable bonds is 2. The van der Waals surface area contributed by atoms with Crippen molar-refractivity contribution in [3.8, 4) is 10.6 Å². The Labute approximate surface area is 115 Å². The van der Waals surface area contributed by atoms with Gasteiger partial charge in [-0.15, -0.1) is 11.3 Å². The molecule has 0 bridgehead atoms. The highest BCUT2D eigenvalue weighted by Crippen LogP contribution is 2.29. The lowest BCUT2D eigenvalue weighted by Crippen LogP contribution is -2.03. The minimum Gasteiger partial charge on any atom is -0.455 e. The molecule has 0 fully saturated rings. The van der Waals surface area contributed by atoms with Crippen LogP contribution in [0.1, 0.15) is 18.2 Å². The Balaban J connectivity index is 1.94. The Hall–Kier alpha value is -1.94. The first-order chi connectivity index (χ1) is 9.13. The van der Waals surface area contributed by atoms with Crippen LogP contribution < -0.4 is 0 Å². The van der Waals surface area contributed by atoms with E-state index in [4.69, 9.17) is 4.74 Å². The molecule has 1 unspecified atom stereocenters. The second-order valence-corrected chi connectivity index (χ2v) is 5.45. The zero-order valence-corrected chi connectivity index (χ0v) is 11.5. The van der Waals surface area contributed by atoms with Crippen LogP contribution in [-0.4, -0.2) is 17.1 Å². The number of nitrogens with zero attached hydrogens (tertiary/aromatic N) is 1. The smallest absolute Gasteiger partial charge is 0.340 e. The topological polar surface area (TPSA) is 39.2 Å². The van der Waals surface area contributed by atoms with Gasteiger partial charge in [0.15, 0.2) is 0 Å². The van der Waals surface area contributed by atoms with Gasteiger partial charge in [-0.05, 0) is 19.9 Å². The van der Waals surface area contributed by atoms with Gasteiger partial charge in [0.05, 0.1) is 11.3 Å². The monoisotopic (exact) mass is 271 g/mol. The maximum absolute atomic E-state index is 11.6. The molecule has 0 N–H and O–H groups in total. The van der Waals surface area contributed by atoms with Gasteiger partial charge in [-0.2, -0.15) is 0 Å². The average Bonchev–Trinajstić information content (AvgIpc) is 2.97. The second-order valence-electron chi connectivity index (χ2n) is 4.59. The Bertz CT molecular complexity index is 655. The van der Waals surface area contributed by atoms with E-state index < -0.39 is 0 Å². The lowest BCUT2D eigenvalue weighted by atomic mass is 10.1. The van der Waals surface area contributed by atoms with Gasteiger partial charge in [-0.25, -0.2) is 9.78 Å². The van der Waals surface area contributed by atoms with Crippen LogP contribution in [0.4, 0.5) is 0 Å². The minimum atomic E-state index is -0.284. The summed E-state index contributed by atoms with van der Waals surface area (Å²) in [5, 5.41) is 2.82. The number of esters is 1. The maximum Gasteiger partial charge on any atom is 0.340 e. The maximum atomic E-state index is 11.6. The Morgan fingerprint density at radius 2 is 2.00 bits per heavy atom. The predicted molar refractivity (Wildman–Crippen MR) is 75.8 cm³/mol. The number of hydrogen-bond donors (Lipinski definition) is 0. The quantitative estimate of drug-likeness (QED) is 0.785. The third kappa shape index (κ3) is 2.31. The summed E-state index contributed by atoms with van der Waals surface area (Å²) < 4.78 is 5.09. The molecule has 2 heterocycles. The summed E-state index contributed by atoms with van der Waals surface area (Å²) in [7, 11) is 0. The molecule has 0 saturated carbocycles. The molecule has 0 spiro atoms. The van der Waals surface area contributed by atoms with E-state index in [9.17, 15) is 4.79 Å². The summed E-state index contributed by atoms with van der Waals surface area (Å²) >= 11 is 1.54. The molecule has 1 aromatic heterocycles. The molecular formula is C15H13NO2S. The SMILES string of the molecule is Cc1ccc(-c2nc(C3=CC(C)OC3=O)cs2)cc1. The number of cyclic esters (lactones) is 1. The minimum absolute atomic E-state index is 0.160. The van der Waals surface area contributed by atoms with Crippen molar-refractivity contribution in [2.75, 3.05) is 0 Å². The van der Waals surface area contributed by atoms with Gasteiger partial charge in [-0.1, -0.05) is 29.8 Å². The molecule has 96 valence electrons. The van der Waals surface area contributed by atoms with Crippen molar-refractivity contribution in [3.05, 3.63) is 47.0 Å². The zero-order valence-electron chi connectivity index (χ0n) is 10.7. The largest absolute Gasteiger partial charge is 0.455 e. The molecule has 0 radical (unpaired) electrons. The van der Waals surface area contributed by atoms with Crippen LogP contribution >= 0.6 is 11.3 Å². The van der Waals surface area contributed by atoms with E-state index >= 15 is 0 Å². The summed E-state index contributed by atoms with van der Waals surface area (Å²) in [5.74, 6) is -0.284. The number of thiazole rings is 1. The molecule has 3 nitrogen and oxygen atoms in total. The van der Waals surface area contributed by atoms with Gasteiger partial charge >= 0.3 is 5.97 Å². The third-order valence-electron chi connectivity index (χ3n) is 2.99. The van der Waals surface area contributed by atoms with Gasteiger partial charge in [-0.3, -0.25) is 0 Å². The number of ether oxygens (including phenoxy) is 1. The number of aromatic nitrogens is 1. The van der Waals surface area contributed by atoms with Crippen molar-refractivity contribution in [1.29, 1.82) is 0 Å². The van der Waals surface area contributed by atoms with Gasteiger partial charge in [0, 0.05) is 10.9 Å². The van der Waals surface area contributed by atoms with Crippen molar-refractivity contribution < 1.29 is 9.53 Å². The number of benzene rings is 1. The highest BCUT2D eigenvalue weighted by atomic mass is 32.1. The Morgan fingerprint density at radius 3 is 2.63 bits per heavy atom.